The smallest absolute Gasteiger partial charge is 0.0757 e. The molecule has 278 valence electrons. The Bertz CT molecular complexity index is 1050. The first-order chi connectivity index (χ1) is 23.6. The zero-order chi connectivity index (χ0) is 38.2. The van der Waals surface area contributed by atoms with E-state index >= 15 is 0 Å². The molecule has 0 aliphatic heterocycles. The Hall–Kier alpha value is -2.11. The largest absolute Gasteiger partial charge is 0.374 e. The number of unbranched alkanes of at least 4 members (excludes halogenated alkanes) is 1. The van der Waals surface area contributed by atoms with Crippen molar-refractivity contribution in [2.45, 2.75) is 153 Å². The van der Waals surface area contributed by atoms with E-state index in [-0.39, 0.29) is 12.0 Å². The van der Waals surface area contributed by atoms with E-state index in [2.05, 4.69) is 101 Å². The lowest BCUT2D eigenvalue weighted by molar-refractivity contribution is 0.0854. The number of hydrogen-bond donors (Lipinski definition) is 0. The molecular weight excluding hydrogens is 625 g/mol. The predicted molar refractivity (Wildman–Crippen MR) is 229 cm³/mol. The minimum Gasteiger partial charge on any atom is -0.374 e. The van der Waals surface area contributed by atoms with E-state index in [1.165, 1.54) is 44.6 Å². The highest BCUT2D eigenvalue weighted by molar-refractivity contribution is 7.94. The Kier molecular flexibility index (Phi) is 51.7. The van der Waals surface area contributed by atoms with Gasteiger partial charge >= 0.3 is 0 Å². The van der Waals surface area contributed by atoms with Crippen LogP contribution in [0.5, 0.6) is 0 Å². The second kappa shape index (κ2) is 44.9. The molecule has 0 spiro atoms. The number of benzene rings is 2. The van der Waals surface area contributed by atoms with Crippen molar-refractivity contribution in [3.63, 3.8) is 0 Å². The Morgan fingerprint density at radius 1 is 0.833 bits per heavy atom. The van der Waals surface area contributed by atoms with E-state index < -0.39 is 0 Å². The predicted octanol–water partition coefficient (Wildman–Crippen LogP) is 16.3. The third kappa shape index (κ3) is 26.8. The van der Waals surface area contributed by atoms with Gasteiger partial charge in [-0.15, -0.1) is 11.3 Å². The standard InChI is InChI=1S/C23H30OS.C9H12OS.6C2H6/c1-5-8-12-20(16-19(7-3)18(4)24-15-9-6-2)23-17-21-13-10-11-14-22(21)25-23;1-3-8-4-6-9(7-5-8)11-10-2;6*1-2/h5,8,10-14,16-18,20H,1,6-7,9,15H2,2-4H3;4-7H,3H2,1-2H3;6*1-2H3/b12-8?,19-16-;;;;;;;. The first kappa shape index (κ1) is 55.3. The molecule has 0 aliphatic rings. The highest BCUT2D eigenvalue weighted by Crippen LogP contribution is 2.34. The molecule has 0 N–H and O–H groups in total. The van der Waals surface area contributed by atoms with Gasteiger partial charge in [-0.2, -0.15) is 0 Å². The SMILES string of the molecule is C=CC=CC(/C=C(/CC)C(C)OCCCC)c1cc2ccccc2s1.CC.CC.CC.CC.CC.CC.CCc1ccc(SOC)cc1. The molecule has 0 saturated carbocycles. The maximum atomic E-state index is 6.03. The molecule has 2 unspecified atom stereocenters. The lowest BCUT2D eigenvalue weighted by atomic mass is 9.98. The second-order valence-corrected chi connectivity index (χ2v) is 10.6. The lowest BCUT2D eigenvalue weighted by Gasteiger charge is -2.18. The molecule has 0 bridgehead atoms. The van der Waals surface area contributed by atoms with Gasteiger partial charge in [0.15, 0.2) is 0 Å². The fourth-order valence-corrected chi connectivity index (χ4v) is 5.31. The maximum absolute atomic E-state index is 6.03. The van der Waals surface area contributed by atoms with Gasteiger partial charge in [0.2, 0.25) is 0 Å². The molecule has 0 radical (unpaired) electrons. The summed E-state index contributed by atoms with van der Waals surface area (Å²) in [6, 6.07) is 19.3. The summed E-state index contributed by atoms with van der Waals surface area (Å²) >= 11 is 3.27. The van der Waals surface area contributed by atoms with Gasteiger partial charge in [0, 0.05) is 39.0 Å². The summed E-state index contributed by atoms with van der Waals surface area (Å²) in [5.74, 6) is 0.266. The number of rotatable bonds is 13. The molecule has 0 fully saturated rings. The lowest BCUT2D eigenvalue weighted by Crippen LogP contribution is -2.13. The number of aryl methyl sites for hydroxylation is 1. The monoisotopic (exact) mass is 703 g/mol. The Morgan fingerprint density at radius 3 is 1.85 bits per heavy atom. The zero-order valence-corrected chi connectivity index (χ0v) is 36.2. The molecule has 0 amide bonds. The highest BCUT2D eigenvalue weighted by atomic mass is 32.2. The van der Waals surface area contributed by atoms with Crippen LogP contribution in [0.15, 0.2) is 95.9 Å². The number of hydrogen-bond acceptors (Lipinski definition) is 4. The van der Waals surface area contributed by atoms with Crippen LogP contribution in [0.2, 0.25) is 0 Å². The first-order valence-corrected chi connectivity index (χ1v) is 20.5. The zero-order valence-electron chi connectivity index (χ0n) is 34.5. The summed E-state index contributed by atoms with van der Waals surface area (Å²) in [5.41, 5.74) is 2.73. The normalized spacial score (nSPS) is 10.8. The van der Waals surface area contributed by atoms with E-state index in [9.17, 15) is 0 Å². The number of allylic oxidation sites excluding steroid dienone is 4. The fourth-order valence-electron chi connectivity index (χ4n) is 3.76. The molecule has 0 saturated heterocycles. The highest BCUT2D eigenvalue weighted by Gasteiger charge is 2.14. The van der Waals surface area contributed by atoms with Crippen molar-refractivity contribution < 1.29 is 8.92 Å². The van der Waals surface area contributed by atoms with Crippen LogP contribution in [-0.4, -0.2) is 19.8 Å². The van der Waals surface area contributed by atoms with Crippen molar-refractivity contribution in [1.82, 2.24) is 0 Å². The summed E-state index contributed by atoms with van der Waals surface area (Å²) in [5, 5.41) is 1.32. The Balaban J connectivity index is -0.000000223. The van der Waals surface area contributed by atoms with Gasteiger partial charge in [-0.3, -0.25) is 0 Å². The number of ether oxygens (including phenoxy) is 1. The Labute approximate surface area is 309 Å². The quantitative estimate of drug-likeness (QED) is 0.0764. The minimum absolute atomic E-state index is 0.172. The van der Waals surface area contributed by atoms with Gasteiger partial charge in [-0.1, -0.05) is 171 Å². The van der Waals surface area contributed by atoms with Crippen LogP contribution in [0.25, 0.3) is 10.1 Å². The second-order valence-electron chi connectivity index (χ2n) is 8.54. The Morgan fingerprint density at radius 2 is 1.40 bits per heavy atom. The van der Waals surface area contributed by atoms with Gasteiger partial charge in [-0.25, -0.2) is 0 Å². The topological polar surface area (TPSA) is 18.5 Å². The van der Waals surface area contributed by atoms with E-state index in [1.54, 1.807) is 7.11 Å². The number of thiophene rings is 1. The molecule has 2 nitrogen and oxygen atoms in total. The van der Waals surface area contributed by atoms with Crippen molar-refractivity contribution in [3.05, 3.63) is 101 Å². The minimum atomic E-state index is 0.172. The van der Waals surface area contributed by atoms with Crippen LogP contribution in [-0.2, 0) is 15.3 Å². The van der Waals surface area contributed by atoms with Gasteiger partial charge < -0.3 is 8.92 Å². The molecule has 2 aromatic carbocycles. The van der Waals surface area contributed by atoms with Crippen LogP contribution in [0.4, 0.5) is 0 Å². The van der Waals surface area contributed by atoms with E-state index in [0.29, 0.717) is 0 Å². The van der Waals surface area contributed by atoms with Gasteiger partial charge in [0.05, 0.1) is 13.2 Å². The molecule has 3 rings (SSSR count). The van der Waals surface area contributed by atoms with Crippen LogP contribution in [0.1, 0.15) is 146 Å². The summed E-state index contributed by atoms with van der Waals surface area (Å²) in [7, 11) is 1.68. The fraction of sp³-hybridized carbons (Fsp3) is 0.545. The average molecular weight is 703 g/mol. The molecule has 1 aromatic heterocycles. The van der Waals surface area contributed by atoms with Crippen molar-refractivity contribution >= 4 is 33.5 Å². The van der Waals surface area contributed by atoms with E-state index in [1.807, 2.05) is 107 Å². The summed E-state index contributed by atoms with van der Waals surface area (Å²) < 4.78 is 12.3. The average Bonchev–Trinajstić information content (AvgIpc) is 3.62. The third-order valence-corrected chi connectivity index (χ3v) is 7.78. The molecular formula is C44H78O2S2. The van der Waals surface area contributed by atoms with Crippen molar-refractivity contribution in [3.8, 4) is 0 Å². The van der Waals surface area contributed by atoms with Crippen molar-refractivity contribution in [1.29, 1.82) is 0 Å². The van der Waals surface area contributed by atoms with E-state index in [4.69, 9.17) is 8.92 Å². The molecule has 1 heterocycles. The summed E-state index contributed by atoms with van der Waals surface area (Å²) in [6.07, 6.45) is 13.1. The summed E-state index contributed by atoms with van der Waals surface area (Å²) in [4.78, 5) is 2.52. The van der Waals surface area contributed by atoms with Crippen LogP contribution in [0.3, 0.4) is 0 Å². The molecule has 0 aliphatic carbocycles. The van der Waals surface area contributed by atoms with Gasteiger partial charge in [0.25, 0.3) is 0 Å². The summed E-state index contributed by atoms with van der Waals surface area (Å²) in [6.45, 7) is 37.4. The molecule has 48 heavy (non-hydrogen) atoms. The van der Waals surface area contributed by atoms with Crippen molar-refractivity contribution in [2.24, 2.45) is 0 Å². The van der Waals surface area contributed by atoms with Crippen LogP contribution in [0, 0.1) is 0 Å². The number of fused-ring (bicyclic) bond motifs is 1. The maximum Gasteiger partial charge on any atom is 0.0757 e. The van der Waals surface area contributed by atoms with Crippen LogP contribution < -0.4 is 0 Å². The third-order valence-electron chi connectivity index (χ3n) is 5.93. The van der Waals surface area contributed by atoms with Gasteiger partial charge in [0.1, 0.15) is 0 Å². The molecule has 4 heteroatoms. The molecule has 3 aromatic rings. The first-order valence-electron chi connectivity index (χ1n) is 19.0. The van der Waals surface area contributed by atoms with E-state index in [0.717, 1.165) is 30.8 Å². The molecule has 2 atom stereocenters. The van der Waals surface area contributed by atoms with Crippen molar-refractivity contribution in [2.75, 3.05) is 13.7 Å². The van der Waals surface area contributed by atoms with Gasteiger partial charge in [-0.05, 0) is 67.0 Å². The van der Waals surface area contributed by atoms with Crippen LogP contribution >= 0.6 is 23.4 Å².